The Labute approximate surface area is 35.5 Å². The molecule has 0 aromatic carbocycles. The SMILES string of the molecule is CCSC#[O+]. The van der Waals surface area contributed by atoms with E-state index in [1.807, 2.05) is 6.92 Å². The summed E-state index contributed by atoms with van der Waals surface area (Å²) in [6.07, 6.45) is 0. The van der Waals surface area contributed by atoms with Gasteiger partial charge in [0.2, 0.25) is 0 Å². The van der Waals surface area contributed by atoms with Gasteiger partial charge >= 0.3 is 34.6 Å². The van der Waals surface area contributed by atoms with Gasteiger partial charge in [0, 0.05) is 0 Å². The summed E-state index contributed by atoms with van der Waals surface area (Å²) in [6.45, 7) is 1.91. The second-order valence-corrected chi connectivity index (χ2v) is 1.55. The van der Waals surface area contributed by atoms with Crippen LogP contribution in [0, 0.1) is 5.48 Å². The zero-order valence-electron chi connectivity index (χ0n) is 3.02. The second kappa shape index (κ2) is 4.09. The second-order valence-electron chi connectivity index (χ2n) is 0.516. The molecule has 0 N–H and O–H groups in total. The van der Waals surface area contributed by atoms with Crippen LogP contribution in [0.4, 0.5) is 0 Å². The molecule has 0 heterocycles. The van der Waals surface area contributed by atoms with Crippen molar-refractivity contribution in [3.63, 3.8) is 0 Å². The van der Waals surface area contributed by atoms with Gasteiger partial charge in [-0.1, -0.05) is 0 Å². The van der Waals surface area contributed by atoms with E-state index >= 15 is 0 Å². The molecule has 0 aromatic heterocycles. The molecule has 0 unspecified atom stereocenters. The normalized spacial score (nSPS) is 6.40. The fraction of sp³-hybridized carbons (Fsp3) is 0.667. The van der Waals surface area contributed by atoms with Gasteiger partial charge in [-0.25, -0.2) is 0 Å². The van der Waals surface area contributed by atoms with Gasteiger partial charge in [-0.05, 0) is 0 Å². The van der Waals surface area contributed by atoms with Gasteiger partial charge in [-0.3, -0.25) is 0 Å². The van der Waals surface area contributed by atoms with Gasteiger partial charge in [0.05, 0.1) is 0 Å². The van der Waals surface area contributed by atoms with E-state index in [-0.39, 0.29) is 0 Å². The maximum absolute atomic E-state index is 9.24. The quantitative estimate of drug-likeness (QED) is 0.440. The number of thioether (sulfide) groups is 1. The molecule has 0 aromatic rings. The van der Waals surface area contributed by atoms with Crippen LogP contribution in [-0.4, -0.2) is 5.75 Å². The third-order valence-electron chi connectivity index (χ3n) is 0.203. The molecule has 0 fully saturated rings. The van der Waals surface area contributed by atoms with Crippen molar-refractivity contribution in [2.24, 2.45) is 0 Å². The van der Waals surface area contributed by atoms with E-state index in [2.05, 4.69) is 0 Å². The molecule has 1 nitrogen and oxygen atoms in total. The molecule has 0 aliphatic rings. The fourth-order valence-corrected chi connectivity index (χ4v) is 0.177. The van der Waals surface area contributed by atoms with Crippen LogP contribution in [0.2, 0.25) is 0 Å². The van der Waals surface area contributed by atoms with Gasteiger partial charge in [-0.15, -0.1) is 0 Å². The Morgan fingerprint density at radius 1 is 2.00 bits per heavy atom. The first kappa shape index (κ1) is 5.09. The predicted octanol–water partition coefficient (Wildman–Crippen LogP) is 1.09. The van der Waals surface area contributed by atoms with Crippen molar-refractivity contribution in [1.29, 1.82) is 0 Å². The van der Waals surface area contributed by atoms with Gasteiger partial charge in [0.25, 0.3) is 0 Å². The molecule has 28 valence electrons. The minimum absolute atomic E-state index is 0.837. The Morgan fingerprint density at radius 2 is 2.60 bits per heavy atom. The van der Waals surface area contributed by atoms with E-state index in [1.54, 1.807) is 5.48 Å². The number of rotatable bonds is 1. The monoisotopic (exact) mass is 89.0 g/mol. The first-order chi connectivity index (χ1) is 2.41. The van der Waals surface area contributed by atoms with Crippen LogP contribution in [0.5, 0.6) is 0 Å². The summed E-state index contributed by atoms with van der Waals surface area (Å²) in [4.78, 5) is 0. The molecular formula is C3H5OS+. The summed E-state index contributed by atoms with van der Waals surface area (Å²) in [5.41, 5.74) is 1.68. The fourth-order valence-electron chi connectivity index (χ4n) is 0.0589. The maximum atomic E-state index is 9.24. The van der Waals surface area contributed by atoms with Crippen molar-refractivity contribution in [2.45, 2.75) is 6.92 Å². The van der Waals surface area contributed by atoms with Gasteiger partial charge in [0.1, 0.15) is 0 Å². The average molecular weight is 89.1 g/mol. The summed E-state index contributed by atoms with van der Waals surface area (Å²) < 4.78 is 9.24. The van der Waals surface area contributed by atoms with Gasteiger partial charge in [0.15, 0.2) is 0 Å². The zero-order valence-corrected chi connectivity index (χ0v) is 3.84. The first-order valence-electron chi connectivity index (χ1n) is 1.40. The Balaban J connectivity index is 2.48. The standard InChI is InChI=1S/C3H5OS/c1-2-5-3-4/h2H2,1H3/q+1. The van der Waals surface area contributed by atoms with E-state index < -0.39 is 0 Å². The summed E-state index contributed by atoms with van der Waals surface area (Å²) >= 11 is 1.16. The van der Waals surface area contributed by atoms with Crippen molar-refractivity contribution in [1.82, 2.24) is 0 Å². The summed E-state index contributed by atoms with van der Waals surface area (Å²) in [7, 11) is 0. The average Bonchev–Trinajstić information content (AvgIpc) is 1.41. The van der Waals surface area contributed by atoms with Crippen LogP contribution >= 0.6 is 11.8 Å². The molecule has 2 heteroatoms. The molecule has 0 saturated carbocycles. The number of hydrogen-bond acceptors (Lipinski definition) is 1. The Kier molecular flexibility index (Phi) is 4.16. The molecule has 0 spiro atoms. The Morgan fingerprint density at radius 3 is 2.60 bits per heavy atom. The molecule has 0 saturated heterocycles. The van der Waals surface area contributed by atoms with Crippen molar-refractivity contribution >= 4 is 11.8 Å². The van der Waals surface area contributed by atoms with Crippen LogP contribution in [0.15, 0.2) is 0 Å². The van der Waals surface area contributed by atoms with Crippen molar-refractivity contribution < 1.29 is 4.65 Å². The van der Waals surface area contributed by atoms with Crippen LogP contribution in [-0.2, 0) is 4.65 Å². The molecule has 0 bridgehead atoms. The van der Waals surface area contributed by atoms with E-state index in [4.69, 9.17) is 0 Å². The van der Waals surface area contributed by atoms with E-state index in [0.29, 0.717) is 0 Å². The molecule has 0 aliphatic carbocycles. The molecule has 0 radical (unpaired) electrons. The van der Waals surface area contributed by atoms with Crippen molar-refractivity contribution in [2.75, 3.05) is 5.75 Å². The topological polar surface area (TPSA) is 19.9 Å². The summed E-state index contributed by atoms with van der Waals surface area (Å²) in [5, 5.41) is 0. The first-order valence-corrected chi connectivity index (χ1v) is 2.39. The van der Waals surface area contributed by atoms with E-state index in [0.717, 1.165) is 17.5 Å². The van der Waals surface area contributed by atoms with E-state index in [1.165, 1.54) is 0 Å². The molecule has 0 aliphatic heterocycles. The molecule has 5 heavy (non-hydrogen) atoms. The van der Waals surface area contributed by atoms with E-state index in [9.17, 15) is 4.65 Å². The van der Waals surface area contributed by atoms with Crippen LogP contribution in [0.1, 0.15) is 6.92 Å². The van der Waals surface area contributed by atoms with Crippen molar-refractivity contribution in [3.8, 4) is 5.48 Å². The zero-order chi connectivity index (χ0) is 4.12. The number of hydrogen-bond donors (Lipinski definition) is 0. The third kappa shape index (κ3) is 4.09. The van der Waals surface area contributed by atoms with Crippen LogP contribution in [0.25, 0.3) is 0 Å². The predicted molar refractivity (Wildman–Crippen MR) is 22.7 cm³/mol. The van der Waals surface area contributed by atoms with Crippen molar-refractivity contribution in [3.05, 3.63) is 0 Å². The Bertz CT molecular complexity index is 45.3. The van der Waals surface area contributed by atoms with Crippen LogP contribution < -0.4 is 0 Å². The van der Waals surface area contributed by atoms with Crippen LogP contribution in [0.3, 0.4) is 0 Å². The van der Waals surface area contributed by atoms with Gasteiger partial charge in [-0.2, -0.15) is 0 Å². The van der Waals surface area contributed by atoms with Gasteiger partial charge < -0.3 is 0 Å². The third-order valence-corrected chi connectivity index (χ3v) is 0.610. The Hall–Kier alpha value is 0.0900. The summed E-state index contributed by atoms with van der Waals surface area (Å²) in [6, 6.07) is 0. The minimum atomic E-state index is 0.837. The molecule has 0 amide bonds. The molecule has 0 rings (SSSR count). The molecular weight excluding hydrogens is 84.1 g/mol. The molecule has 0 atom stereocenters. The summed E-state index contributed by atoms with van der Waals surface area (Å²) in [5.74, 6) is 0.837.